The maximum Gasteiger partial charge on any atom is 0.270 e. The van der Waals surface area contributed by atoms with E-state index in [1.54, 1.807) is 36.4 Å². The second-order valence-electron chi connectivity index (χ2n) is 5.02. The van der Waals surface area contributed by atoms with Crippen molar-refractivity contribution in [3.8, 4) is 5.69 Å². The monoisotopic (exact) mass is 330 g/mol. The second kappa shape index (κ2) is 6.21. The van der Waals surface area contributed by atoms with Crippen LogP contribution in [0.3, 0.4) is 0 Å². The quantitative estimate of drug-likeness (QED) is 0.792. The minimum absolute atomic E-state index is 0.245. The normalized spacial score (nSPS) is 10.7. The number of halogens is 1. The van der Waals surface area contributed by atoms with Crippen LogP contribution in [-0.2, 0) is 13.6 Å². The van der Waals surface area contributed by atoms with E-state index in [4.69, 9.17) is 11.6 Å². The number of amides is 1. The van der Waals surface area contributed by atoms with Gasteiger partial charge in [0.1, 0.15) is 17.2 Å². The highest BCUT2D eigenvalue weighted by Crippen LogP contribution is 2.13. The molecule has 23 heavy (non-hydrogen) atoms. The lowest BCUT2D eigenvalue weighted by atomic mass is 10.3. The maximum atomic E-state index is 12.3. The fourth-order valence-electron chi connectivity index (χ4n) is 2.22. The number of nitrogens with zero attached hydrogens (tertiary/aromatic N) is 5. The van der Waals surface area contributed by atoms with Crippen LogP contribution in [0.1, 0.15) is 22.0 Å². The summed E-state index contributed by atoms with van der Waals surface area (Å²) >= 11 is 6.02. The molecule has 118 valence electrons. The molecule has 8 heteroatoms. The van der Waals surface area contributed by atoms with E-state index in [1.807, 2.05) is 23.8 Å². The summed E-state index contributed by atoms with van der Waals surface area (Å²) in [5, 5.41) is 7.47. The summed E-state index contributed by atoms with van der Waals surface area (Å²) in [5.74, 6) is 0.550. The summed E-state index contributed by atoms with van der Waals surface area (Å²) in [4.78, 5) is 20.6. The summed E-state index contributed by atoms with van der Waals surface area (Å²) < 4.78 is 3.48. The van der Waals surface area contributed by atoms with Gasteiger partial charge < -0.3 is 9.88 Å². The lowest BCUT2D eigenvalue weighted by molar-refractivity contribution is 0.0945. The van der Waals surface area contributed by atoms with E-state index >= 15 is 0 Å². The summed E-state index contributed by atoms with van der Waals surface area (Å²) in [7, 11) is 1.77. The number of imidazole rings is 1. The van der Waals surface area contributed by atoms with Gasteiger partial charge in [0, 0.05) is 31.8 Å². The number of carbonyl (C=O) groups excluding carboxylic acids is 1. The van der Waals surface area contributed by atoms with Gasteiger partial charge in [-0.1, -0.05) is 11.6 Å². The molecule has 0 aliphatic heterocycles. The molecule has 0 unspecified atom stereocenters. The van der Waals surface area contributed by atoms with Crippen molar-refractivity contribution in [3.05, 3.63) is 59.2 Å². The second-order valence-corrected chi connectivity index (χ2v) is 5.43. The van der Waals surface area contributed by atoms with Crippen molar-refractivity contribution in [3.63, 3.8) is 0 Å². The summed E-state index contributed by atoms with van der Waals surface area (Å²) in [6.45, 7) is 2.14. The molecule has 0 saturated carbocycles. The van der Waals surface area contributed by atoms with Crippen molar-refractivity contribution in [1.82, 2.24) is 29.6 Å². The van der Waals surface area contributed by atoms with E-state index < -0.39 is 0 Å². The molecule has 3 rings (SSSR count). The van der Waals surface area contributed by atoms with Gasteiger partial charge in [-0.05, 0) is 19.1 Å². The first-order valence-electron chi connectivity index (χ1n) is 6.97. The molecule has 0 radical (unpaired) electrons. The predicted octanol–water partition coefficient (Wildman–Crippen LogP) is 1.89. The zero-order chi connectivity index (χ0) is 16.4. The molecule has 0 aromatic carbocycles. The van der Waals surface area contributed by atoms with Gasteiger partial charge >= 0.3 is 0 Å². The summed E-state index contributed by atoms with van der Waals surface area (Å²) in [5.41, 5.74) is 1.77. The number of rotatable bonds is 4. The highest BCUT2D eigenvalue weighted by molar-refractivity contribution is 6.31. The van der Waals surface area contributed by atoms with Gasteiger partial charge in [0.25, 0.3) is 5.91 Å². The molecule has 0 fully saturated rings. The highest BCUT2D eigenvalue weighted by atomic mass is 35.5. The third-order valence-corrected chi connectivity index (χ3v) is 3.67. The molecule has 3 aromatic rings. The molecule has 0 aliphatic rings. The van der Waals surface area contributed by atoms with Crippen LogP contribution in [0.4, 0.5) is 0 Å². The molecule has 0 atom stereocenters. The average Bonchev–Trinajstić information content (AvgIpc) is 3.10. The Morgan fingerprint density at radius 1 is 1.35 bits per heavy atom. The Balaban J connectivity index is 1.75. The van der Waals surface area contributed by atoms with E-state index in [0.717, 1.165) is 11.5 Å². The summed E-state index contributed by atoms with van der Waals surface area (Å²) in [6, 6.07) is 3.53. The number of pyridine rings is 1. The van der Waals surface area contributed by atoms with Crippen LogP contribution < -0.4 is 5.32 Å². The van der Waals surface area contributed by atoms with Crippen molar-refractivity contribution >= 4 is 17.5 Å². The van der Waals surface area contributed by atoms with Gasteiger partial charge in [-0.25, -0.2) is 4.98 Å². The van der Waals surface area contributed by atoms with Crippen molar-refractivity contribution in [2.24, 2.45) is 7.05 Å². The van der Waals surface area contributed by atoms with Crippen LogP contribution >= 0.6 is 11.6 Å². The zero-order valence-electron chi connectivity index (χ0n) is 12.7. The van der Waals surface area contributed by atoms with Crippen molar-refractivity contribution < 1.29 is 4.79 Å². The Labute approximate surface area is 137 Å². The number of aryl methyl sites for hydroxylation is 2. The Morgan fingerprint density at radius 2 is 2.17 bits per heavy atom. The van der Waals surface area contributed by atoms with E-state index in [9.17, 15) is 4.79 Å². The molecule has 1 amide bonds. The first kappa shape index (κ1) is 15.2. The minimum Gasteiger partial charge on any atom is -0.345 e. The van der Waals surface area contributed by atoms with Crippen molar-refractivity contribution in [2.75, 3.05) is 0 Å². The van der Waals surface area contributed by atoms with E-state index in [2.05, 4.69) is 20.4 Å². The summed E-state index contributed by atoms with van der Waals surface area (Å²) in [6.07, 6.45) is 6.82. The van der Waals surface area contributed by atoms with Gasteiger partial charge in [0.2, 0.25) is 0 Å². The first-order valence-corrected chi connectivity index (χ1v) is 7.35. The highest BCUT2D eigenvalue weighted by Gasteiger charge is 2.12. The van der Waals surface area contributed by atoms with Crippen LogP contribution in [0.25, 0.3) is 5.69 Å². The van der Waals surface area contributed by atoms with Crippen molar-refractivity contribution in [2.45, 2.75) is 13.5 Å². The van der Waals surface area contributed by atoms with Gasteiger partial charge in [-0.3, -0.25) is 14.5 Å². The van der Waals surface area contributed by atoms with Crippen LogP contribution in [0.5, 0.6) is 0 Å². The lowest BCUT2D eigenvalue weighted by Gasteiger charge is -2.07. The lowest BCUT2D eigenvalue weighted by Crippen LogP contribution is -2.24. The number of nitrogens with one attached hydrogen (secondary N) is 1. The number of carbonyl (C=O) groups is 1. The number of hydrogen-bond acceptors (Lipinski definition) is 4. The van der Waals surface area contributed by atoms with Crippen molar-refractivity contribution in [1.29, 1.82) is 0 Å². The molecule has 0 saturated heterocycles. The third kappa shape index (κ3) is 3.24. The smallest absolute Gasteiger partial charge is 0.270 e. The van der Waals surface area contributed by atoms with Crippen LogP contribution in [-0.4, -0.2) is 30.2 Å². The van der Waals surface area contributed by atoms with Gasteiger partial charge in [-0.15, -0.1) is 0 Å². The standard InChI is InChI=1S/C15H15ClN6O/c1-10-17-5-6-22(10)11-3-4-18-13(7-11)15(23)19-8-14-12(16)9-21(2)20-14/h3-7,9H,8H2,1-2H3,(H,19,23). The number of aromatic nitrogens is 5. The number of hydrogen-bond donors (Lipinski definition) is 1. The average molecular weight is 331 g/mol. The molecular weight excluding hydrogens is 316 g/mol. The Morgan fingerprint density at radius 3 is 2.83 bits per heavy atom. The molecule has 3 heterocycles. The molecule has 1 N–H and O–H groups in total. The molecule has 7 nitrogen and oxygen atoms in total. The third-order valence-electron chi connectivity index (χ3n) is 3.35. The Bertz CT molecular complexity index is 853. The largest absolute Gasteiger partial charge is 0.345 e. The fraction of sp³-hybridized carbons (Fsp3) is 0.200. The minimum atomic E-state index is -0.286. The SMILES string of the molecule is Cc1nccn1-c1ccnc(C(=O)NCc2nn(C)cc2Cl)c1. The van der Waals surface area contributed by atoms with Crippen LogP contribution in [0.2, 0.25) is 5.02 Å². The topological polar surface area (TPSA) is 77.6 Å². The van der Waals surface area contributed by atoms with Crippen LogP contribution in [0.15, 0.2) is 36.9 Å². The van der Waals surface area contributed by atoms with Gasteiger partial charge in [0.05, 0.1) is 17.3 Å². The van der Waals surface area contributed by atoms with Crippen LogP contribution in [0, 0.1) is 6.92 Å². The van der Waals surface area contributed by atoms with Gasteiger partial charge in [-0.2, -0.15) is 5.10 Å². The van der Waals surface area contributed by atoms with E-state index in [1.165, 1.54) is 0 Å². The Kier molecular flexibility index (Phi) is 4.12. The predicted molar refractivity (Wildman–Crippen MR) is 85.5 cm³/mol. The van der Waals surface area contributed by atoms with Gasteiger partial charge in [0.15, 0.2) is 0 Å². The molecular formula is C15H15ClN6O. The fourth-order valence-corrected chi connectivity index (χ4v) is 2.47. The molecule has 0 spiro atoms. The Hall–Kier alpha value is -2.67. The molecule has 3 aromatic heterocycles. The molecule has 0 bridgehead atoms. The maximum absolute atomic E-state index is 12.3. The first-order chi connectivity index (χ1) is 11.0. The van der Waals surface area contributed by atoms with E-state index in [0.29, 0.717) is 16.4 Å². The molecule has 0 aliphatic carbocycles. The zero-order valence-corrected chi connectivity index (χ0v) is 13.4. The van der Waals surface area contributed by atoms with E-state index in [-0.39, 0.29) is 12.5 Å².